The van der Waals surface area contributed by atoms with Crippen molar-refractivity contribution < 1.29 is 9.53 Å². The third kappa shape index (κ3) is 14.8. The first kappa shape index (κ1) is 27.2. The standard InChI is InChI=1S/C27H46N2O2/c1-5-6-7-8-9-10-11-12-13-21-27(2,3)29-23-14-22-28-26(30)20-17-24-15-18-25(31-4)19-16-24/h15-20,29H,5-14,21-23H2,1-4H3,(H,28,30). The average molecular weight is 431 g/mol. The molecule has 0 aliphatic rings. The summed E-state index contributed by atoms with van der Waals surface area (Å²) in [5.41, 5.74) is 1.15. The molecule has 4 nitrogen and oxygen atoms in total. The molecular weight excluding hydrogens is 384 g/mol. The van der Waals surface area contributed by atoms with Crippen LogP contribution in [0.5, 0.6) is 5.75 Å². The van der Waals surface area contributed by atoms with Crippen molar-refractivity contribution in [3.63, 3.8) is 0 Å². The number of hydrogen-bond donors (Lipinski definition) is 2. The van der Waals surface area contributed by atoms with Crippen molar-refractivity contribution in [2.45, 2.75) is 96.9 Å². The second-order valence-electron chi connectivity index (χ2n) is 9.14. The first-order valence-electron chi connectivity index (χ1n) is 12.3. The fourth-order valence-corrected chi connectivity index (χ4v) is 3.64. The zero-order chi connectivity index (χ0) is 22.8. The van der Waals surface area contributed by atoms with Gasteiger partial charge in [0.05, 0.1) is 7.11 Å². The number of hydrogen-bond acceptors (Lipinski definition) is 3. The Hall–Kier alpha value is -1.81. The molecule has 0 aliphatic heterocycles. The van der Waals surface area contributed by atoms with Crippen LogP contribution in [0.25, 0.3) is 6.08 Å². The largest absolute Gasteiger partial charge is 0.497 e. The van der Waals surface area contributed by atoms with Crippen molar-refractivity contribution in [1.82, 2.24) is 10.6 Å². The van der Waals surface area contributed by atoms with Gasteiger partial charge in [-0.1, -0.05) is 76.8 Å². The highest BCUT2D eigenvalue weighted by atomic mass is 16.5. The summed E-state index contributed by atoms with van der Waals surface area (Å²) in [5, 5.41) is 6.60. The van der Waals surface area contributed by atoms with Gasteiger partial charge in [0.25, 0.3) is 0 Å². The third-order valence-electron chi connectivity index (χ3n) is 5.70. The van der Waals surface area contributed by atoms with Crippen LogP contribution in [0.2, 0.25) is 0 Å². The molecule has 0 spiro atoms. The normalized spacial score (nSPS) is 11.7. The summed E-state index contributed by atoms with van der Waals surface area (Å²) in [6.45, 7) is 8.45. The lowest BCUT2D eigenvalue weighted by atomic mass is 9.95. The minimum atomic E-state index is -0.0511. The third-order valence-corrected chi connectivity index (χ3v) is 5.70. The Kier molecular flexibility index (Phi) is 14.8. The van der Waals surface area contributed by atoms with Crippen LogP contribution in [0.1, 0.15) is 97.0 Å². The number of nitrogens with one attached hydrogen (secondary N) is 2. The summed E-state index contributed by atoms with van der Waals surface area (Å²) in [5.74, 6) is 0.764. The van der Waals surface area contributed by atoms with Crippen LogP contribution in [0.4, 0.5) is 0 Å². The van der Waals surface area contributed by atoms with Crippen LogP contribution in [-0.2, 0) is 4.79 Å². The first-order valence-corrected chi connectivity index (χ1v) is 12.3. The predicted molar refractivity (Wildman–Crippen MR) is 134 cm³/mol. The maximum absolute atomic E-state index is 12.0. The number of carbonyl (C=O) groups excluding carboxylic acids is 1. The molecule has 176 valence electrons. The molecule has 1 aromatic carbocycles. The van der Waals surface area contributed by atoms with E-state index in [2.05, 4.69) is 31.4 Å². The molecule has 4 heteroatoms. The zero-order valence-electron chi connectivity index (χ0n) is 20.5. The lowest BCUT2D eigenvalue weighted by molar-refractivity contribution is -0.116. The lowest BCUT2D eigenvalue weighted by Crippen LogP contribution is -2.40. The minimum absolute atomic E-state index is 0.0511. The second kappa shape index (κ2) is 16.8. The molecule has 0 saturated carbocycles. The van der Waals surface area contributed by atoms with Gasteiger partial charge >= 0.3 is 0 Å². The number of carbonyl (C=O) groups is 1. The Morgan fingerprint density at radius 2 is 1.52 bits per heavy atom. The van der Waals surface area contributed by atoms with E-state index in [9.17, 15) is 4.79 Å². The van der Waals surface area contributed by atoms with Gasteiger partial charge in [-0.15, -0.1) is 0 Å². The van der Waals surface area contributed by atoms with E-state index < -0.39 is 0 Å². The molecular formula is C27H46N2O2. The molecule has 0 fully saturated rings. The Morgan fingerprint density at radius 1 is 0.903 bits per heavy atom. The van der Waals surface area contributed by atoms with Crippen molar-refractivity contribution in [2.75, 3.05) is 20.2 Å². The van der Waals surface area contributed by atoms with E-state index in [4.69, 9.17) is 4.74 Å². The Balaban J connectivity index is 2.04. The van der Waals surface area contributed by atoms with Gasteiger partial charge in [-0.2, -0.15) is 0 Å². The van der Waals surface area contributed by atoms with E-state index >= 15 is 0 Å². The molecule has 0 aromatic heterocycles. The van der Waals surface area contributed by atoms with E-state index in [1.807, 2.05) is 30.3 Å². The Morgan fingerprint density at radius 3 is 2.13 bits per heavy atom. The lowest BCUT2D eigenvalue weighted by Gasteiger charge is -2.26. The van der Waals surface area contributed by atoms with E-state index in [0.717, 1.165) is 24.3 Å². The van der Waals surface area contributed by atoms with Crippen LogP contribution in [0, 0.1) is 0 Å². The number of ether oxygens (including phenoxy) is 1. The number of benzene rings is 1. The topological polar surface area (TPSA) is 50.4 Å². The molecule has 0 heterocycles. The van der Waals surface area contributed by atoms with Gasteiger partial charge in [0.15, 0.2) is 0 Å². The highest BCUT2D eigenvalue weighted by Crippen LogP contribution is 2.16. The molecule has 0 aliphatic carbocycles. The van der Waals surface area contributed by atoms with Crippen molar-refractivity contribution in [2.24, 2.45) is 0 Å². The Bertz CT molecular complexity index is 608. The van der Waals surface area contributed by atoms with E-state index in [1.165, 1.54) is 64.2 Å². The summed E-state index contributed by atoms with van der Waals surface area (Å²) in [7, 11) is 1.64. The van der Waals surface area contributed by atoms with E-state index in [-0.39, 0.29) is 11.4 Å². The maximum Gasteiger partial charge on any atom is 0.243 e. The molecule has 0 atom stereocenters. The highest BCUT2D eigenvalue weighted by molar-refractivity contribution is 5.91. The summed E-state index contributed by atoms with van der Waals surface area (Å²) in [4.78, 5) is 12.0. The number of methoxy groups -OCH3 is 1. The van der Waals surface area contributed by atoms with E-state index in [0.29, 0.717) is 6.54 Å². The van der Waals surface area contributed by atoms with Crippen LogP contribution in [0.3, 0.4) is 0 Å². The molecule has 0 radical (unpaired) electrons. The molecule has 0 saturated heterocycles. The van der Waals surface area contributed by atoms with Gasteiger partial charge in [-0.3, -0.25) is 4.79 Å². The van der Waals surface area contributed by atoms with Crippen molar-refractivity contribution >= 4 is 12.0 Å². The molecule has 1 rings (SSSR count). The predicted octanol–water partition coefficient (Wildman–Crippen LogP) is 6.50. The molecule has 0 bridgehead atoms. The first-order chi connectivity index (χ1) is 15.0. The van der Waals surface area contributed by atoms with Crippen LogP contribution in [-0.4, -0.2) is 31.6 Å². The highest BCUT2D eigenvalue weighted by Gasteiger charge is 2.15. The summed E-state index contributed by atoms with van der Waals surface area (Å²) in [6.07, 6.45) is 17.9. The SMILES string of the molecule is CCCCCCCCCCCC(C)(C)NCCCNC(=O)C=Cc1ccc(OC)cc1. The number of amides is 1. The molecule has 31 heavy (non-hydrogen) atoms. The smallest absolute Gasteiger partial charge is 0.243 e. The van der Waals surface area contributed by atoms with Gasteiger partial charge in [0, 0.05) is 18.2 Å². The van der Waals surface area contributed by atoms with Crippen molar-refractivity contribution in [1.29, 1.82) is 0 Å². The number of unbranched alkanes of at least 4 members (excludes halogenated alkanes) is 8. The average Bonchev–Trinajstić information content (AvgIpc) is 2.76. The summed E-state index contributed by atoms with van der Waals surface area (Å²) in [6, 6.07) is 7.64. The Labute approximate surface area is 191 Å². The van der Waals surface area contributed by atoms with Crippen LogP contribution >= 0.6 is 0 Å². The fourth-order valence-electron chi connectivity index (χ4n) is 3.64. The van der Waals surface area contributed by atoms with Crippen LogP contribution in [0.15, 0.2) is 30.3 Å². The van der Waals surface area contributed by atoms with Gasteiger partial charge < -0.3 is 15.4 Å². The van der Waals surface area contributed by atoms with Gasteiger partial charge in [-0.05, 0) is 57.0 Å². The maximum atomic E-state index is 12.0. The summed E-state index contributed by atoms with van der Waals surface area (Å²) >= 11 is 0. The molecule has 2 N–H and O–H groups in total. The molecule has 0 unspecified atom stereocenters. The molecule has 1 amide bonds. The fraction of sp³-hybridized carbons (Fsp3) is 0.667. The second-order valence-corrected chi connectivity index (χ2v) is 9.14. The molecule has 1 aromatic rings. The quantitative estimate of drug-likeness (QED) is 0.206. The van der Waals surface area contributed by atoms with Crippen molar-refractivity contribution in [3.05, 3.63) is 35.9 Å². The van der Waals surface area contributed by atoms with Gasteiger partial charge in [0.2, 0.25) is 5.91 Å². The summed E-state index contributed by atoms with van der Waals surface area (Å²) < 4.78 is 5.14. The monoisotopic (exact) mass is 430 g/mol. The zero-order valence-corrected chi connectivity index (χ0v) is 20.5. The van der Waals surface area contributed by atoms with E-state index in [1.54, 1.807) is 13.2 Å². The van der Waals surface area contributed by atoms with Crippen molar-refractivity contribution in [3.8, 4) is 5.75 Å². The van der Waals surface area contributed by atoms with Crippen LogP contribution < -0.4 is 15.4 Å². The minimum Gasteiger partial charge on any atom is -0.497 e. The number of rotatable bonds is 18. The van der Waals surface area contributed by atoms with Gasteiger partial charge in [-0.25, -0.2) is 0 Å². The van der Waals surface area contributed by atoms with Gasteiger partial charge in [0.1, 0.15) is 5.75 Å².